The third kappa shape index (κ3) is 5.87. The average Bonchev–Trinajstić information content (AvgIpc) is 3.23. The lowest BCUT2D eigenvalue weighted by molar-refractivity contribution is -0.121. The molecular weight excluding hydrogens is 380 g/mol. The Morgan fingerprint density at radius 2 is 1.97 bits per heavy atom. The predicted molar refractivity (Wildman–Crippen MR) is 115 cm³/mol. The van der Waals surface area contributed by atoms with Gasteiger partial charge in [0.1, 0.15) is 5.75 Å². The normalized spacial score (nSPS) is 12.0. The van der Waals surface area contributed by atoms with Gasteiger partial charge in [0.05, 0.1) is 19.7 Å². The molecule has 1 N–H and O–H groups in total. The topological polar surface area (TPSA) is 85.2 Å². The van der Waals surface area contributed by atoms with Crippen molar-refractivity contribution in [2.45, 2.75) is 25.4 Å². The maximum Gasteiger partial charge on any atom is 0.220 e. The minimum absolute atomic E-state index is 0.00754. The fourth-order valence-corrected chi connectivity index (χ4v) is 3.17. The first kappa shape index (κ1) is 21.4. The van der Waals surface area contributed by atoms with Crippen LogP contribution >= 0.6 is 0 Å². The van der Waals surface area contributed by atoms with E-state index >= 15 is 0 Å². The van der Waals surface area contributed by atoms with Gasteiger partial charge in [-0.2, -0.15) is 4.80 Å². The molecular formula is C22H28N6O2. The number of carbonyl (C=O) groups excluding carboxylic acids is 1. The number of likely N-dealkylation sites (N-methyl/N-ethyl adjacent to an activating group) is 1. The third-order valence-corrected chi connectivity index (χ3v) is 4.84. The Morgan fingerprint density at radius 1 is 1.17 bits per heavy atom. The first-order valence-electron chi connectivity index (χ1n) is 9.97. The Balaban J connectivity index is 1.46. The van der Waals surface area contributed by atoms with Crippen molar-refractivity contribution < 1.29 is 9.53 Å². The molecule has 2 aromatic carbocycles. The number of hydrogen-bond acceptors (Lipinski definition) is 6. The van der Waals surface area contributed by atoms with Gasteiger partial charge in [0, 0.05) is 18.5 Å². The van der Waals surface area contributed by atoms with Crippen molar-refractivity contribution in [2.24, 2.45) is 0 Å². The van der Waals surface area contributed by atoms with Gasteiger partial charge in [0.15, 0.2) is 0 Å². The van der Waals surface area contributed by atoms with Crippen LogP contribution in [0, 0.1) is 0 Å². The molecule has 158 valence electrons. The fourth-order valence-electron chi connectivity index (χ4n) is 3.17. The summed E-state index contributed by atoms with van der Waals surface area (Å²) in [4.78, 5) is 15.9. The first-order valence-corrected chi connectivity index (χ1v) is 9.97. The quantitative estimate of drug-likeness (QED) is 0.555. The van der Waals surface area contributed by atoms with E-state index < -0.39 is 0 Å². The van der Waals surface area contributed by atoms with Crippen molar-refractivity contribution in [3.05, 3.63) is 60.2 Å². The molecule has 3 rings (SSSR count). The molecule has 0 aliphatic heterocycles. The van der Waals surface area contributed by atoms with Gasteiger partial charge in [-0.05, 0) is 43.4 Å². The summed E-state index contributed by atoms with van der Waals surface area (Å²) in [5.41, 5.74) is 2.02. The monoisotopic (exact) mass is 408 g/mol. The summed E-state index contributed by atoms with van der Waals surface area (Å²) in [7, 11) is 5.65. The van der Waals surface area contributed by atoms with Crippen LogP contribution in [0.2, 0.25) is 0 Å². The van der Waals surface area contributed by atoms with Gasteiger partial charge in [0.25, 0.3) is 0 Å². The Morgan fingerprint density at radius 3 is 2.70 bits per heavy atom. The van der Waals surface area contributed by atoms with Crippen LogP contribution in [0.25, 0.3) is 11.4 Å². The lowest BCUT2D eigenvalue weighted by atomic mass is 10.1. The minimum atomic E-state index is 0.00754. The van der Waals surface area contributed by atoms with Gasteiger partial charge >= 0.3 is 0 Å². The molecule has 8 nitrogen and oxygen atoms in total. The molecule has 0 saturated heterocycles. The summed E-state index contributed by atoms with van der Waals surface area (Å²) in [6.07, 6.45) is 1.04. The fraction of sp³-hybridized carbons (Fsp3) is 0.364. The number of rotatable bonds is 10. The summed E-state index contributed by atoms with van der Waals surface area (Å²) in [5.74, 6) is 1.40. The van der Waals surface area contributed by atoms with Crippen LogP contribution in [-0.4, -0.2) is 58.8 Å². The zero-order valence-electron chi connectivity index (χ0n) is 17.7. The first-order chi connectivity index (χ1) is 14.6. The number of tetrazole rings is 1. The lowest BCUT2D eigenvalue weighted by Crippen LogP contribution is -2.34. The zero-order chi connectivity index (χ0) is 21.3. The highest BCUT2D eigenvalue weighted by Crippen LogP contribution is 2.22. The third-order valence-electron chi connectivity index (χ3n) is 4.84. The molecule has 1 heterocycles. The van der Waals surface area contributed by atoms with Crippen LogP contribution in [-0.2, 0) is 11.3 Å². The van der Waals surface area contributed by atoms with Crippen LogP contribution in [0.15, 0.2) is 54.6 Å². The van der Waals surface area contributed by atoms with Crippen molar-refractivity contribution in [3.8, 4) is 17.1 Å². The number of amides is 1. The summed E-state index contributed by atoms with van der Waals surface area (Å²) in [6, 6.07) is 17.7. The number of benzene rings is 2. The standard InChI is InChI=1S/C22H28N6O2/c1-27(2)20(18-11-7-12-19(15-18)30-3)16-23-21(29)13-8-14-28-25-22(24-26-28)17-9-5-4-6-10-17/h4-7,9-12,15,20H,8,13-14,16H2,1-3H3,(H,23,29). The minimum Gasteiger partial charge on any atom is -0.497 e. The molecule has 0 fully saturated rings. The molecule has 0 bridgehead atoms. The highest BCUT2D eigenvalue weighted by Gasteiger charge is 2.16. The van der Waals surface area contributed by atoms with Crippen molar-refractivity contribution >= 4 is 5.91 Å². The largest absolute Gasteiger partial charge is 0.497 e. The summed E-state index contributed by atoms with van der Waals surface area (Å²) >= 11 is 0. The highest BCUT2D eigenvalue weighted by molar-refractivity contribution is 5.75. The molecule has 1 amide bonds. The molecule has 8 heteroatoms. The van der Waals surface area contributed by atoms with E-state index in [1.807, 2.05) is 68.7 Å². The summed E-state index contributed by atoms with van der Waals surface area (Å²) in [6.45, 7) is 1.07. The van der Waals surface area contributed by atoms with Crippen LogP contribution in [0.5, 0.6) is 5.75 Å². The van der Waals surface area contributed by atoms with E-state index in [1.165, 1.54) is 4.80 Å². The van der Waals surface area contributed by atoms with E-state index in [9.17, 15) is 4.79 Å². The van der Waals surface area contributed by atoms with E-state index in [1.54, 1.807) is 7.11 Å². The van der Waals surface area contributed by atoms with E-state index in [0.717, 1.165) is 16.9 Å². The number of nitrogens with one attached hydrogen (secondary N) is 1. The number of carbonyl (C=O) groups is 1. The molecule has 0 saturated carbocycles. The summed E-state index contributed by atoms with van der Waals surface area (Å²) in [5, 5.41) is 15.5. The van der Waals surface area contributed by atoms with Gasteiger partial charge in [-0.15, -0.1) is 10.2 Å². The van der Waals surface area contributed by atoms with Crippen LogP contribution in [0.1, 0.15) is 24.4 Å². The van der Waals surface area contributed by atoms with Gasteiger partial charge < -0.3 is 15.0 Å². The van der Waals surface area contributed by atoms with Gasteiger partial charge in [-0.25, -0.2) is 0 Å². The number of methoxy groups -OCH3 is 1. The second kappa shape index (κ2) is 10.5. The smallest absolute Gasteiger partial charge is 0.220 e. The summed E-state index contributed by atoms with van der Waals surface area (Å²) < 4.78 is 5.31. The van der Waals surface area contributed by atoms with Crippen molar-refractivity contribution in [3.63, 3.8) is 0 Å². The maximum atomic E-state index is 12.3. The second-order valence-electron chi connectivity index (χ2n) is 7.24. The number of ether oxygens (including phenoxy) is 1. The molecule has 3 aromatic rings. The lowest BCUT2D eigenvalue weighted by Gasteiger charge is -2.25. The van der Waals surface area contributed by atoms with E-state index in [2.05, 4.69) is 25.6 Å². The maximum absolute atomic E-state index is 12.3. The van der Waals surface area contributed by atoms with Crippen molar-refractivity contribution in [1.29, 1.82) is 0 Å². The SMILES string of the molecule is COc1cccc(C(CNC(=O)CCCn2nnc(-c3ccccc3)n2)N(C)C)c1. The van der Waals surface area contributed by atoms with Gasteiger partial charge in [-0.3, -0.25) is 4.79 Å². The highest BCUT2D eigenvalue weighted by atomic mass is 16.5. The van der Waals surface area contributed by atoms with Crippen molar-refractivity contribution in [1.82, 2.24) is 30.4 Å². The van der Waals surface area contributed by atoms with Crippen LogP contribution < -0.4 is 10.1 Å². The molecule has 30 heavy (non-hydrogen) atoms. The van der Waals surface area contributed by atoms with Gasteiger partial charge in [-0.1, -0.05) is 42.5 Å². The molecule has 1 unspecified atom stereocenters. The Hall–Kier alpha value is -3.26. The molecule has 0 spiro atoms. The van der Waals surface area contributed by atoms with E-state index in [4.69, 9.17) is 4.74 Å². The Labute approximate surface area is 176 Å². The van der Waals surface area contributed by atoms with E-state index in [0.29, 0.717) is 31.8 Å². The molecule has 1 atom stereocenters. The number of aromatic nitrogens is 4. The predicted octanol–water partition coefficient (Wildman–Crippen LogP) is 2.55. The molecule has 0 aliphatic carbocycles. The molecule has 1 aromatic heterocycles. The zero-order valence-corrected chi connectivity index (χ0v) is 17.7. The Kier molecular flexibility index (Phi) is 7.51. The average molecular weight is 409 g/mol. The van der Waals surface area contributed by atoms with E-state index in [-0.39, 0.29) is 11.9 Å². The molecule has 0 radical (unpaired) electrons. The number of aryl methyl sites for hydroxylation is 1. The van der Waals surface area contributed by atoms with Crippen molar-refractivity contribution in [2.75, 3.05) is 27.7 Å². The van der Waals surface area contributed by atoms with Crippen LogP contribution in [0.4, 0.5) is 0 Å². The Bertz CT molecular complexity index is 942. The van der Waals surface area contributed by atoms with Gasteiger partial charge in [0.2, 0.25) is 11.7 Å². The molecule has 0 aliphatic rings. The number of hydrogen-bond donors (Lipinski definition) is 1. The van der Waals surface area contributed by atoms with Crippen LogP contribution in [0.3, 0.4) is 0 Å². The second-order valence-corrected chi connectivity index (χ2v) is 7.24. The number of nitrogens with zero attached hydrogens (tertiary/aromatic N) is 5.